The second-order valence-corrected chi connectivity index (χ2v) is 4.55. The molecule has 0 bridgehead atoms. The van der Waals surface area contributed by atoms with E-state index in [1.807, 2.05) is 6.07 Å². The maximum absolute atomic E-state index is 12.3. The van der Waals surface area contributed by atoms with Crippen LogP contribution in [0.15, 0.2) is 42.5 Å². The summed E-state index contributed by atoms with van der Waals surface area (Å²) in [5.74, 6) is -1.62. The summed E-state index contributed by atoms with van der Waals surface area (Å²) in [4.78, 5) is 10.6. The number of rotatable bonds is 5. The van der Waals surface area contributed by atoms with Gasteiger partial charge in [0.1, 0.15) is 23.1 Å². The first-order valence-electron chi connectivity index (χ1n) is 6.54. The first kappa shape index (κ1) is 17.1. The summed E-state index contributed by atoms with van der Waals surface area (Å²) in [6, 6.07) is 11.4. The quantitative estimate of drug-likeness (QED) is 0.902. The highest BCUT2D eigenvalue weighted by molar-refractivity contribution is 5.75. The third-order valence-corrected chi connectivity index (χ3v) is 2.87. The molecule has 0 fully saturated rings. The normalized spacial score (nSPS) is 10.8. The molecular weight excluding hydrogens is 327 g/mol. The van der Waals surface area contributed by atoms with Gasteiger partial charge in [-0.15, -0.1) is 13.2 Å². The average molecular weight is 337 g/mol. The molecule has 0 saturated heterocycles. The molecule has 0 saturated carbocycles. The topological polar surface area (TPSA) is 79.5 Å². The van der Waals surface area contributed by atoms with E-state index in [1.54, 1.807) is 0 Å². The van der Waals surface area contributed by atoms with Crippen molar-refractivity contribution < 1.29 is 32.5 Å². The molecule has 0 heterocycles. The van der Waals surface area contributed by atoms with Crippen molar-refractivity contribution in [2.45, 2.75) is 6.36 Å². The summed E-state index contributed by atoms with van der Waals surface area (Å²) in [6.07, 6.45) is -4.83. The monoisotopic (exact) mass is 337 g/mol. The van der Waals surface area contributed by atoms with Crippen molar-refractivity contribution in [3.63, 3.8) is 0 Å². The van der Waals surface area contributed by atoms with Crippen LogP contribution in [0.1, 0.15) is 5.56 Å². The van der Waals surface area contributed by atoms with E-state index in [0.29, 0.717) is 11.1 Å². The molecule has 2 rings (SSSR count). The Kier molecular flexibility index (Phi) is 4.94. The first-order chi connectivity index (χ1) is 11.3. The fourth-order valence-electron chi connectivity index (χ4n) is 2.01. The van der Waals surface area contributed by atoms with Gasteiger partial charge in [0, 0.05) is 5.56 Å². The van der Waals surface area contributed by atoms with E-state index in [2.05, 4.69) is 4.74 Å². The third kappa shape index (κ3) is 4.39. The number of aliphatic carboxylic acids is 1. The molecule has 24 heavy (non-hydrogen) atoms. The van der Waals surface area contributed by atoms with E-state index >= 15 is 0 Å². The summed E-state index contributed by atoms with van der Waals surface area (Å²) >= 11 is 0. The summed E-state index contributed by atoms with van der Waals surface area (Å²) in [5, 5.41) is 17.9. The summed E-state index contributed by atoms with van der Waals surface area (Å²) in [7, 11) is 0. The lowest BCUT2D eigenvalue weighted by Crippen LogP contribution is -2.17. The SMILES string of the molecule is N#Cc1c(OCC(=O)O)cccc1-c1cccc(OC(F)(F)F)c1. The molecule has 0 unspecified atom stereocenters. The van der Waals surface area contributed by atoms with Crippen LogP contribution >= 0.6 is 0 Å². The number of nitrogens with zero attached hydrogens (tertiary/aromatic N) is 1. The second-order valence-electron chi connectivity index (χ2n) is 4.55. The molecule has 5 nitrogen and oxygen atoms in total. The highest BCUT2D eigenvalue weighted by Crippen LogP contribution is 2.33. The van der Waals surface area contributed by atoms with Crippen LogP contribution in [0.25, 0.3) is 11.1 Å². The lowest BCUT2D eigenvalue weighted by molar-refractivity contribution is -0.274. The lowest BCUT2D eigenvalue weighted by atomic mass is 9.99. The van der Waals surface area contributed by atoms with E-state index in [0.717, 1.165) is 12.1 Å². The molecular formula is C16H10F3NO4. The molecule has 0 aromatic heterocycles. The van der Waals surface area contributed by atoms with Crippen LogP contribution in [0.5, 0.6) is 11.5 Å². The van der Waals surface area contributed by atoms with Gasteiger partial charge in [0.25, 0.3) is 0 Å². The summed E-state index contributed by atoms with van der Waals surface area (Å²) < 4.78 is 45.8. The molecule has 0 aliphatic heterocycles. The van der Waals surface area contributed by atoms with Gasteiger partial charge in [-0.1, -0.05) is 24.3 Å². The highest BCUT2D eigenvalue weighted by atomic mass is 19.4. The minimum Gasteiger partial charge on any atom is -0.481 e. The van der Waals surface area contributed by atoms with Crippen molar-refractivity contribution in [3.8, 4) is 28.7 Å². The van der Waals surface area contributed by atoms with Crippen LogP contribution in [0.4, 0.5) is 13.2 Å². The number of carboxylic acid groups (broad SMARTS) is 1. The van der Waals surface area contributed by atoms with Gasteiger partial charge in [-0.25, -0.2) is 4.79 Å². The van der Waals surface area contributed by atoms with E-state index in [1.165, 1.54) is 30.3 Å². The summed E-state index contributed by atoms with van der Waals surface area (Å²) in [6.45, 7) is -0.643. The predicted octanol–water partition coefficient (Wildman–Crippen LogP) is 3.59. The zero-order valence-corrected chi connectivity index (χ0v) is 12.0. The molecule has 0 radical (unpaired) electrons. The molecule has 0 spiro atoms. The van der Waals surface area contributed by atoms with Gasteiger partial charge in [-0.2, -0.15) is 5.26 Å². The van der Waals surface area contributed by atoms with Crippen LogP contribution in [-0.4, -0.2) is 24.0 Å². The molecule has 124 valence electrons. The number of ether oxygens (including phenoxy) is 2. The van der Waals surface area contributed by atoms with Gasteiger partial charge < -0.3 is 14.6 Å². The Bertz CT molecular complexity index is 797. The Hall–Kier alpha value is -3.21. The highest BCUT2D eigenvalue weighted by Gasteiger charge is 2.31. The van der Waals surface area contributed by atoms with Crippen LogP contribution in [0.3, 0.4) is 0 Å². The number of alkyl halides is 3. The standard InChI is InChI=1S/C16H10F3NO4/c17-16(18,19)24-11-4-1-3-10(7-11)12-5-2-6-14(13(12)8-20)23-9-15(21)22/h1-7H,9H2,(H,21,22). The summed E-state index contributed by atoms with van der Waals surface area (Å²) in [5.41, 5.74) is 0.616. The molecule has 8 heteroatoms. The van der Waals surface area contributed by atoms with Crippen LogP contribution in [0, 0.1) is 11.3 Å². The van der Waals surface area contributed by atoms with Gasteiger partial charge in [0.05, 0.1) is 0 Å². The van der Waals surface area contributed by atoms with Gasteiger partial charge in [0.2, 0.25) is 0 Å². The average Bonchev–Trinajstić information content (AvgIpc) is 2.51. The number of hydrogen-bond donors (Lipinski definition) is 1. The fourth-order valence-corrected chi connectivity index (χ4v) is 2.01. The van der Waals surface area contributed by atoms with E-state index in [4.69, 9.17) is 9.84 Å². The van der Waals surface area contributed by atoms with Gasteiger partial charge in [-0.05, 0) is 23.8 Å². The van der Waals surface area contributed by atoms with Gasteiger partial charge in [-0.3, -0.25) is 0 Å². The Labute approximate surface area is 134 Å². The Morgan fingerprint density at radius 3 is 2.54 bits per heavy atom. The molecule has 2 aromatic rings. The molecule has 0 aliphatic rings. The van der Waals surface area contributed by atoms with Crippen molar-refractivity contribution in [1.82, 2.24) is 0 Å². The molecule has 0 amide bonds. The van der Waals surface area contributed by atoms with Gasteiger partial charge >= 0.3 is 12.3 Å². The van der Waals surface area contributed by atoms with Crippen molar-refractivity contribution in [2.24, 2.45) is 0 Å². The number of benzene rings is 2. The number of carbonyl (C=O) groups is 1. The maximum Gasteiger partial charge on any atom is 0.573 e. The Balaban J connectivity index is 2.42. The number of hydrogen-bond acceptors (Lipinski definition) is 4. The van der Waals surface area contributed by atoms with E-state index < -0.39 is 24.7 Å². The molecule has 1 N–H and O–H groups in total. The largest absolute Gasteiger partial charge is 0.573 e. The molecule has 2 aromatic carbocycles. The van der Waals surface area contributed by atoms with Gasteiger partial charge in [0.15, 0.2) is 6.61 Å². The van der Waals surface area contributed by atoms with E-state index in [9.17, 15) is 23.2 Å². The minimum absolute atomic E-state index is 0.0166. The Morgan fingerprint density at radius 2 is 1.92 bits per heavy atom. The minimum atomic E-state index is -4.83. The molecule has 0 atom stereocenters. The van der Waals surface area contributed by atoms with Crippen molar-refractivity contribution in [1.29, 1.82) is 5.26 Å². The smallest absolute Gasteiger partial charge is 0.481 e. The van der Waals surface area contributed by atoms with Crippen molar-refractivity contribution >= 4 is 5.97 Å². The van der Waals surface area contributed by atoms with E-state index in [-0.39, 0.29) is 11.3 Å². The fraction of sp³-hybridized carbons (Fsp3) is 0.125. The number of carboxylic acids is 1. The molecule has 0 aliphatic carbocycles. The lowest BCUT2D eigenvalue weighted by Gasteiger charge is -2.12. The zero-order valence-electron chi connectivity index (χ0n) is 12.0. The third-order valence-electron chi connectivity index (χ3n) is 2.87. The zero-order chi connectivity index (χ0) is 17.7. The van der Waals surface area contributed by atoms with Crippen LogP contribution in [0.2, 0.25) is 0 Å². The predicted molar refractivity (Wildman–Crippen MR) is 76.4 cm³/mol. The van der Waals surface area contributed by atoms with Crippen LogP contribution in [-0.2, 0) is 4.79 Å². The first-order valence-corrected chi connectivity index (χ1v) is 6.54. The second kappa shape index (κ2) is 6.91. The Morgan fingerprint density at radius 1 is 1.21 bits per heavy atom. The maximum atomic E-state index is 12.3. The number of nitriles is 1. The van der Waals surface area contributed by atoms with Crippen molar-refractivity contribution in [3.05, 3.63) is 48.0 Å². The van der Waals surface area contributed by atoms with Crippen LogP contribution < -0.4 is 9.47 Å². The number of halogens is 3. The van der Waals surface area contributed by atoms with Crippen molar-refractivity contribution in [2.75, 3.05) is 6.61 Å².